The van der Waals surface area contributed by atoms with Crippen LogP contribution in [0, 0.1) is 3.57 Å². The summed E-state index contributed by atoms with van der Waals surface area (Å²) in [4.78, 5) is 0. The Morgan fingerprint density at radius 3 is 2.19 bits per heavy atom. The number of phenolic OH excluding ortho intramolecular Hbond substituents is 1. The van der Waals surface area contributed by atoms with Gasteiger partial charge in [0.1, 0.15) is 16.5 Å². The zero-order valence-corrected chi connectivity index (χ0v) is 12.4. The second kappa shape index (κ2) is 6.58. The van der Waals surface area contributed by atoms with Gasteiger partial charge in [0.15, 0.2) is 5.75 Å². The fourth-order valence-corrected chi connectivity index (χ4v) is 2.60. The van der Waals surface area contributed by atoms with Crippen LogP contribution in [0.15, 0.2) is 0 Å². The van der Waals surface area contributed by atoms with Crippen molar-refractivity contribution in [3.05, 3.63) is 14.2 Å². The Hall–Kier alpha value is -0.110. The number of nitrogens with two attached hydrogens (primary N) is 1. The van der Waals surface area contributed by atoms with Crippen molar-refractivity contribution in [2.24, 2.45) is 5.73 Å². The zero-order chi connectivity index (χ0) is 11.6. The van der Waals surface area contributed by atoms with Crippen LogP contribution in [-0.4, -0.2) is 19.3 Å². The number of ether oxygens (including phenoxy) is 2. The van der Waals surface area contributed by atoms with Crippen LogP contribution in [0.2, 0.25) is 5.02 Å². The third-order valence-corrected chi connectivity index (χ3v) is 3.32. The summed E-state index contributed by atoms with van der Waals surface area (Å²) in [6, 6.07) is 0. The molecule has 0 radical (unpaired) electrons. The molecule has 0 amide bonds. The van der Waals surface area contributed by atoms with Gasteiger partial charge in [-0.15, -0.1) is 12.4 Å². The lowest BCUT2D eigenvalue weighted by Gasteiger charge is -2.15. The molecule has 0 aliphatic carbocycles. The quantitative estimate of drug-likeness (QED) is 0.792. The number of halogens is 3. The molecule has 0 aliphatic rings. The van der Waals surface area contributed by atoms with Gasteiger partial charge in [-0.1, -0.05) is 11.6 Å². The Balaban J connectivity index is 0.00000225. The molecule has 0 spiro atoms. The third-order valence-electron chi connectivity index (χ3n) is 1.98. The van der Waals surface area contributed by atoms with Gasteiger partial charge in [-0.3, -0.25) is 0 Å². The highest BCUT2D eigenvalue weighted by Gasteiger charge is 2.21. The first-order valence-electron chi connectivity index (χ1n) is 4.09. The van der Waals surface area contributed by atoms with Gasteiger partial charge < -0.3 is 20.3 Å². The molecule has 0 bridgehead atoms. The van der Waals surface area contributed by atoms with E-state index in [1.807, 2.05) is 22.6 Å². The van der Waals surface area contributed by atoms with Crippen LogP contribution in [-0.2, 0) is 6.54 Å². The van der Waals surface area contributed by atoms with Crippen LogP contribution in [0.3, 0.4) is 0 Å². The summed E-state index contributed by atoms with van der Waals surface area (Å²) >= 11 is 7.99. The molecular weight excluding hydrogens is 368 g/mol. The molecule has 0 atom stereocenters. The van der Waals surface area contributed by atoms with Crippen molar-refractivity contribution in [1.29, 1.82) is 0 Å². The maximum atomic E-state index is 9.84. The number of hydrogen-bond acceptors (Lipinski definition) is 4. The fourth-order valence-electron chi connectivity index (χ4n) is 1.26. The van der Waals surface area contributed by atoms with Gasteiger partial charge >= 0.3 is 0 Å². The molecule has 4 nitrogen and oxygen atoms in total. The van der Waals surface area contributed by atoms with Crippen LogP contribution in [0.1, 0.15) is 5.56 Å². The first kappa shape index (κ1) is 15.9. The lowest BCUT2D eigenvalue weighted by Crippen LogP contribution is -2.03. The Kier molecular flexibility index (Phi) is 6.54. The normalized spacial score (nSPS) is 9.56. The largest absolute Gasteiger partial charge is 0.506 e. The predicted molar refractivity (Wildman–Crippen MR) is 74.1 cm³/mol. The van der Waals surface area contributed by atoms with Crippen molar-refractivity contribution < 1.29 is 14.6 Å². The Bertz CT molecular complexity index is 388. The molecule has 0 aromatic heterocycles. The highest BCUT2D eigenvalue weighted by molar-refractivity contribution is 14.1. The van der Waals surface area contributed by atoms with Crippen LogP contribution in [0.4, 0.5) is 0 Å². The van der Waals surface area contributed by atoms with Crippen LogP contribution in [0.25, 0.3) is 0 Å². The Morgan fingerprint density at radius 2 is 1.81 bits per heavy atom. The third kappa shape index (κ3) is 2.58. The first-order chi connectivity index (χ1) is 7.08. The second-order valence-corrected chi connectivity index (χ2v) is 4.18. The number of rotatable bonds is 3. The van der Waals surface area contributed by atoms with E-state index in [0.29, 0.717) is 25.7 Å². The maximum absolute atomic E-state index is 9.84. The van der Waals surface area contributed by atoms with Crippen molar-refractivity contribution in [2.75, 3.05) is 14.2 Å². The molecule has 7 heteroatoms. The van der Waals surface area contributed by atoms with Gasteiger partial charge in [0.25, 0.3) is 0 Å². The van der Waals surface area contributed by atoms with Crippen molar-refractivity contribution >= 4 is 46.6 Å². The molecule has 16 heavy (non-hydrogen) atoms. The molecule has 0 unspecified atom stereocenters. The SMILES string of the molecule is COc1c(Cl)c(OC)c(CN)c(O)c1I.Cl. The number of hydrogen-bond donors (Lipinski definition) is 2. The van der Waals surface area contributed by atoms with E-state index < -0.39 is 0 Å². The van der Waals surface area contributed by atoms with E-state index in [-0.39, 0.29) is 24.7 Å². The minimum absolute atomic E-state index is 0. The van der Waals surface area contributed by atoms with Gasteiger partial charge in [-0.2, -0.15) is 0 Å². The Labute approximate surface area is 119 Å². The summed E-state index contributed by atoms with van der Waals surface area (Å²) in [7, 11) is 2.94. The topological polar surface area (TPSA) is 64.7 Å². The van der Waals surface area contributed by atoms with Gasteiger partial charge in [-0.25, -0.2) is 0 Å². The fraction of sp³-hybridized carbons (Fsp3) is 0.333. The molecule has 1 rings (SSSR count). The highest BCUT2D eigenvalue weighted by Crippen LogP contribution is 2.46. The van der Waals surface area contributed by atoms with Gasteiger partial charge in [0.05, 0.1) is 23.4 Å². The number of phenols is 1. The minimum Gasteiger partial charge on any atom is -0.506 e. The molecule has 92 valence electrons. The average Bonchev–Trinajstić information content (AvgIpc) is 2.23. The summed E-state index contributed by atoms with van der Waals surface area (Å²) in [5.74, 6) is 0.800. The maximum Gasteiger partial charge on any atom is 0.158 e. The van der Waals surface area contributed by atoms with E-state index >= 15 is 0 Å². The molecule has 1 aromatic rings. The molecule has 0 aliphatic heterocycles. The second-order valence-electron chi connectivity index (χ2n) is 2.73. The molecule has 3 N–H and O–H groups in total. The molecule has 0 heterocycles. The van der Waals surface area contributed by atoms with E-state index in [9.17, 15) is 5.11 Å². The summed E-state index contributed by atoms with van der Waals surface area (Å²) < 4.78 is 10.7. The smallest absolute Gasteiger partial charge is 0.158 e. The molecule has 0 saturated heterocycles. The van der Waals surface area contributed by atoms with Crippen LogP contribution < -0.4 is 15.2 Å². The van der Waals surface area contributed by atoms with E-state index in [2.05, 4.69) is 0 Å². The number of benzene rings is 1. The first-order valence-corrected chi connectivity index (χ1v) is 5.54. The monoisotopic (exact) mass is 379 g/mol. The van der Waals surface area contributed by atoms with E-state index in [0.717, 1.165) is 0 Å². The Morgan fingerprint density at radius 1 is 1.31 bits per heavy atom. The number of methoxy groups -OCH3 is 2. The van der Waals surface area contributed by atoms with Gasteiger partial charge in [0, 0.05) is 6.54 Å². The summed E-state index contributed by atoms with van der Waals surface area (Å²) in [5, 5.41) is 10.2. The predicted octanol–water partition coefficient (Wildman–Crippen LogP) is 2.55. The minimum atomic E-state index is 0. The number of aromatic hydroxyl groups is 1. The summed E-state index contributed by atoms with van der Waals surface area (Å²) in [6.07, 6.45) is 0. The summed E-state index contributed by atoms with van der Waals surface area (Å²) in [6.45, 7) is 0.148. The molecule has 0 fully saturated rings. The average molecular weight is 380 g/mol. The van der Waals surface area contributed by atoms with Gasteiger partial charge in [-0.05, 0) is 22.6 Å². The lowest BCUT2D eigenvalue weighted by molar-refractivity contribution is 0.376. The zero-order valence-electron chi connectivity index (χ0n) is 8.71. The van der Waals surface area contributed by atoms with Crippen molar-refractivity contribution in [3.8, 4) is 17.2 Å². The molecular formula is C9H12Cl2INO3. The molecule has 0 saturated carbocycles. The highest BCUT2D eigenvalue weighted by atomic mass is 127. The van der Waals surface area contributed by atoms with Crippen molar-refractivity contribution in [3.63, 3.8) is 0 Å². The standard InChI is InChI=1S/C9H11ClINO3.ClH/c1-14-8-4(3-12)7(13)6(11)9(15-2)5(8)10;/h13H,3,12H2,1-2H3;1H. The van der Waals surface area contributed by atoms with E-state index in [1.165, 1.54) is 14.2 Å². The van der Waals surface area contributed by atoms with Gasteiger partial charge in [0.2, 0.25) is 0 Å². The van der Waals surface area contributed by atoms with Crippen molar-refractivity contribution in [2.45, 2.75) is 6.54 Å². The lowest BCUT2D eigenvalue weighted by atomic mass is 10.1. The van der Waals surface area contributed by atoms with E-state index in [4.69, 9.17) is 26.8 Å². The van der Waals surface area contributed by atoms with Crippen molar-refractivity contribution in [1.82, 2.24) is 0 Å². The van der Waals surface area contributed by atoms with Crippen LogP contribution >= 0.6 is 46.6 Å². The summed E-state index contributed by atoms with van der Waals surface area (Å²) in [5.41, 5.74) is 5.99. The molecule has 1 aromatic carbocycles. The van der Waals surface area contributed by atoms with E-state index in [1.54, 1.807) is 0 Å². The van der Waals surface area contributed by atoms with Crippen LogP contribution in [0.5, 0.6) is 17.2 Å².